The van der Waals surface area contributed by atoms with Crippen molar-refractivity contribution in [2.45, 2.75) is 83.8 Å². The van der Waals surface area contributed by atoms with Crippen LogP contribution >= 0.6 is 0 Å². The van der Waals surface area contributed by atoms with Gasteiger partial charge >= 0.3 is 0 Å². The van der Waals surface area contributed by atoms with Gasteiger partial charge in [-0.3, -0.25) is 0 Å². The maximum Gasteiger partial charge on any atom is 0.100 e. The molecule has 0 heterocycles. The van der Waals surface area contributed by atoms with E-state index >= 15 is 0 Å². The molecule has 26 heavy (non-hydrogen) atoms. The summed E-state index contributed by atoms with van der Waals surface area (Å²) in [5.41, 5.74) is 0. The molecule has 0 aromatic heterocycles. The molecular formula is C23H40O3. The molecule has 2 atom stereocenters. The SMILES string of the molecule is CCCCCC=CCC=CCC=CCC=CCCC(C)OCC(O)CO. The second kappa shape index (κ2) is 20.2. The first-order chi connectivity index (χ1) is 12.7. The zero-order chi connectivity index (χ0) is 19.3. The van der Waals surface area contributed by atoms with Gasteiger partial charge in [-0.25, -0.2) is 0 Å². The Balaban J connectivity index is 3.51. The molecule has 0 bridgehead atoms. The van der Waals surface area contributed by atoms with E-state index < -0.39 is 6.10 Å². The van der Waals surface area contributed by atoms with Crippen LogP contribution < -0.4 is 0 Å². The Morgan fingerprint density at radius 2 is 1.35 bits per heavy atom. The van der Waals surface area contributed by atoms with E-state index in [2.05, 4.69) is 55.5 Å². The summed E-state index contributed by atoms with van der Waals surface area (Å²) in [6, 6.07) is 0. The van der Waals surface area contributed by atoms with Crippen LogP contribution in [0.3, 0.4) is 0 Å². The van der Waals surface area contributed by atoms with E-state index in [4.69, 9.17) is 9.84 Å². The predicted molar refractivity (Wildman–Crippen MR) is 112 cm³/mol. The van der Waals surface area contributed by atoms with Crippen LogP contribution in [0, 0.1) is 0 Å². The molecule has 0 radical (unpaired) electrons. The molecule has 2 unspecified atom stereocenters. The maximum atomic E-state index is 9.21. The molecular weight excluding hydrogens is 324 g/mol. The van der Waals surface area contributed by atoms with Gasteiger partial charge < -0.3 is 14.9 Å². The highest BCUT2D eigenvalue weighted by atomic mass is 16.5. The fraction of sp³-hybridized carbons (Fsp3) is 0.652. The molecule has 0 saturated heterocycles. The molecule has 0 amide bonds. The molecule has 0 saturated carbocycles. The zero-order valence-corrected chi connectivity index (χ0v) is 16.9. The molecule has 0 aromatic rings. The van der Waals surface area contributed by atoms with E-state index in [0.29, 0.717) is 0 Å². The van der Waals surface area contributed by atoms with Crippen LogP contribution in [0.25, 0.3) is 0 Å². The van der Waals surface area contributed by atoms with Crippen molar-refractivity contribution < 1.29 is 14.9 Å². The van der Waals surface area contributed by atoms with E-state index in [-0.39, 0.29) is 19.3 Å². The number of allylic oxidation sites excluding steroid dienone is 8. The standard InChI is InChI=1S/C23H40O3/c1-3-4-5-6-7-8-9-10-11-12-13-14-15-16-17-18-19-22(2)26-21-23(25)20-24/h7-8,10-11,13-14,16-17,22-25H,3-6,9,12,15,18-21H2,1-2H3. The Labute approximate surface area is 161 Å². The second-order valence-electron chi connectivity index (χ2n) is 6.65. The van der Waals surface area contributed by atoms with Crippen molar-refractivity contribution in [2.24, 2.45) is 0 Å². The van der Waals surface area contributed by atoms with E-state index in [1.54, 1.807) is 0 Å². The predicted octanol–water partition coefficient (Wildman–Crippen LogP) is 5.50. The fourth-order valence-corrected chi connectivity index (χ4v) is 2.30. The summed E-state index contributed by atoms with van der Waals surface area (Å²) in [6.07, 6.45) is 27.1. The molecule has 0 aliphatic carbocycles. The quantitative estimate of drug-likeness (QED) is 0.265. The number of aliphatic hydroxyl groups excluding tert-OH is 2. The number of hydrogen-bond donors (Lipinski definition) is 2. The van der Waals surface area contributed by atoms with E-state index in [0.717, 1.165) is 32.1 Å². The van der Waals surface area contributed by atoms with Gasteiger partial charge in [0.2, 0.25) is 0 Å². The Bertz CT molecular complexity index is 396. The van der Waals surface area contributed by atoms with Crippen LogP contribution in [-0.4, -0.2) is 35.6 Å². The van der Waals surface area contributed by atoms with E-state index in [9.17, 15) is 5.11 Å². The van der Waals surface area contributed by atoms with Gasteiger partial charge in [0.1, 0.15) is 6.10 Å². The largest absolute Gasteiger partial charge is 0.394 e. The summed E-state index contributed by atoms with van der Waals surface area (Å²) < 4.78 is 5.45. The number of hydrogen-bond acceptors (Lipinski definition) is 3. The average Bonchev–Trinajstić information content (AvgIpc) is 2.65. The van der Waals surface area contributed by atoms with Gasteiger partial charge in [0.25, 0.3) is 0 Å². The first-order valence-electron chi connectivity index (χ1n) is 10.2. The van der Waals surface area contributed by atoms with Crippen molar-refractivity contribution in [3.05, 3.63) is 48.6 Å². The Morgan fingerprint density at radius 3 is 1.88 bits per heavy atom. The lowest BCUT2D eigenvalue weighted by atomic mass is 10.2. The van der Waals surface area contributed by atoms with Crippen molar-refractivity contribution in [2.75, 3.05) is 13.2 Å². The second-order valence-corrected chi connectivity index (χ2v) is 6.65. The third kappa shape index (κ3) is 19.2. The fourth-order valence-electron chi connectivity index (χ4n) is 2.30. The zero-order valence-electron chi connectivity index (χ0n) is 16.9. The molecule has 0 spiro atoms. The monoisotopic (exact) mass is 364 g/mol. The van der Waals surface area contributed by atoms with Crippen LogP contribution in [0.4, 0.5) is 0 Å². The normalized spacial score (nSPS) is 15.1. The molecule has 3 heteroatoms. The van der Waals surface area contributed by atoms with Crippen molar-refractivity contribution in [1.29, 1.82) is 0 Å². The summed E-state index contributed by atoms with van der Waals surface area (Å²) in [4.78, 5) is 0. The number of unbranched alkanes of at least 4 members (excludes halogenated alkanes) is 3. The Hall–Kier alpha value is -1.16. The molecule has 0 aliphatic heterocycles. The third-order valence-electron chi connectivity index (χ3n) is 3.98. The van der Waals surface area contributed by atoms with Gasteiger partial charge in [-0.15, -0.1) is 0 Å². The summed E-state index contributed by atoms with van der Waals surface area (Å²) in [7, 11) is 0. The molecule has 0 aliphatic rings. The lowest BCUT2D eigenvalue weighted by Gasteiger charge is -2.14. The van der Waals surface area contributed by atoms with Crippen LogP contribution in [0.15, 0.2) is 48.6 Å². The summed E-state index contributed by atoms with van der Waals surface area (Å²) in [5.74, 6) is 0. The van der Waals surface area contributed by atoms with Crippen LogP contribution in [-0.2, 0) is 4.74 Å². The summed E-state index contributed by atoms with van der Waals surface area (Å²) in [5, 5.41) is 17.9. The van der Waals surface area contributed by atoms with Crippen molar-refractivity contribution in [3.8, 4) is 0 Å². The smallest absolute Gasteiger partial charge is 0.100 e. The highest BCUT2D eigenvalue weighted by molar-refractivity contribution is 4.99. The first-order valence-corrected chi connectivity index (χ1v) is 10.2. The van der Waals surface area contributed by atoms with Crippen molar-refractivity contribution in [3.63, 3.8) is 0 Å². The molecule has 150 valence electrons. The minimum absolute atomic E-state index is 0.0993. The molecule has 3 nitrogen and oxygen atoms in total. The third-order valence-corrected chi connectivity index (χ3v) is 3.98. The van der Waals surface area contributed by atoms with Gasteiger partial charge in [0.05, 0.1) is 19.3 Å². The summed E-state index contributed by atoms with van der Waals surface area (Å²) in [6.45, 7) is 4.18. The van der Waals surface area contributed by atoms with Crippen molar-refractivity contribution in [1.82, 2.24) is 0 Å². The van der Waals surface area contributed by atoms with Crippen LogP contribution in [0.2, 0.25) is 0 Å². The first kappa shape index (κ1) is 24.8. The maximum absolute atomic E-state index is 9.21. The van der Waals surface area contributed by atoms with Crippen LogP contribution in [0.5, 0.6) is 0 Å². The van der Waals surface area contributed by atoms with Crippen molar-refractivity contribution >= 4 is 0 Å². The minimum atomic E-state index is -0.769. The van der Waals surface area contributed by atoms with Gasteiger partial charge in [-0.1, -0.05) is 68.4 Å². The molecule has 0 fully saturated rings. The summed E-state index contributed by atoms with van der Waals surface area (Å²) >= 11 is 0. The number of aliphatic hydroxyl groups is 2. The highest BCUT2D eigenvalue weighted by Gasteiger charge is 2.05. The van der Waals surface area contributed by atoms with Gasteiger partial charge in [0, 0.05) is 0 Å². The molecule has 0 rings (SSSR count). The van der Waals surface area contributed by atoms with Gasteiger partial charge in [-0.05, 0) is 51.9 Å². The van der Waals surface area contributed by atoms with E-state index in [1.165, 1.54) is 25.7 Å². The van der Waals surface area contributed by atoms with E-state index in [1.807, 2.05) is 6.92 Å². The molecule has 0 aromatic carbocycles. The van der Waals surface area contributed by atoms with Crippen LogP contribution in [0.1, 0.15) is 71.6 Å². The number of ether oxygens (including phenoxy) is 1. The Morgan fingerprint density at radius 1 is 0.808 bits per heavy atom. The highest BCUT2D eigenvalue weighted by Crippen LogP contribution is 2.04. The Kier molecular flexibility index (Phi) is 19.3. The molecule has 2 N–H and O–H groups in total. The lowest BCUT2D eigenvalue weighted by Crippen LogP contribution is -2.22. The van der Waals surface area contributed by atoms with Gasteiger partial charge in [-0.2, -0.15) is 0 Å². The topological polar surface area (TPSA) is 49.7 Å². The van der Waals surface area contributed by atoms with Gasteiger partial charge in [0.15, 0.2) is 0 Å². The minimum Gasteiger partial charge on any atom is -0.394 e. The average molecular weight is 365 g/mol. The lowest BCUT2D eigenvalue weighted by molar-refractivity contribution is -0.0244. The number of rotatable bonds is 17.